The first kappa shape index (κ1) is 12.0. The molecule has 0 aromatic carbocycles. The summed E-state index contributed by atoms with van der Waals surface area (Å²) in [6, 6.07) is 0. The molecule has 0 radical (unpaired) electrons. The second-order valence-corrected chi connectivity index (χ2v) is 4.80. The molecule has 1 aliphatic rings. The molecule has 0 spiro atoms. The SMILES string of the molecule is CN=C1CCCN(C(=O)OC(C)(C)C)C1. The minimum Gasteiger partial charge on any atom is -0.444 e. The lowest BCUT2D eigenvalue weighted by Crippen LogP contribution is -2.43. The molecule has 0 aromatic heterocycles. The summed E-state index contributed by atoms with van der Waals surface area (Å²) in [4.78, 5) is 17.6. The number of amides is 1. The van der Waals surface area contributed by atoms with E-state index in [1.807, 2.05) is 20.8 Å². The van der Waals surface area contributed by atoms with E-state index in [-0.39, 0.29) is 6.09 Å². The fourth-order valence-corrected chi connectivity index (χ4v) is 1.52. The van der Waals surface area contributed by atoms with Crippen LogP contribution >= 0.6 is 0 Å². The number of aliphatic imine (C=N–C) groups is 1. The van der Waals surface area contributed by atoms with Gasteiger partial charge >= 0.3 is 6.09 Å². The molecular weight excluding hydrogens is 192 g/mol. The van der Waals surface area contributed by atoms with Crippen LogP contribution in [0.4, 0.5) is 4.79 Å². The maximum absolute atomic E-state index is 11.7. The predicted molar refractivity (Wildman–Crippen MR) is 60.4 cm³/mol. The molecule has 0 aromatic rings. The molecule has 4 heteroatoms. The number of nitrogens with zero attached hydrogens (tertiary/aromatic N) is 2. The topological polar surface area (TPSA) is 41.9 Å². The predicted octanol–water partition coefficient (Wildman–Crippen LogP) is 2.09. The number of likely N-dealkylation sites (tertiary alicyclic amines) is 1. The maximum atomic E-state index is 11.7. The van der Waals surface area contributed by atoms with Crippen molar-refractivity contribution >= 4 is 11.8 Å². The van der Waals surface area contributed by atoms with Crippen LogP contribution in [-0.2, 0) is 4.74 Å². The fourth-order valence-electron chi connectivity index (χ4n) is 1.52. The van der Waals surface area contributed by atoms with Crippen LogP contribution < -0.4 is 0 Å². The number of piperidine rings is 1. The van der Waals surface area contributed by atoms with E-state index in [0.717, 1.165) is 25.1 Å². The lowest BCUT2D eigenvalue weighted by atomic mass is 10.1. The van der Waals surface area contributed by atoms with Gasteiger partial charge in [-0.05, 0) is 33.6 Å². The van der Waals surface area contributed by atoms with Gasteiger partial charge in [-0.2, -0.15) is 0 Å². The molecule has 0 saturated carbocycles. The van der Waals surface area contributed by atoms with Gasteiger partial charge in [0.2, 0.25) is 0 Å². The van der Waals surface area contributed by atoms with Crippen molar-refractivity contribution in [2.24, 2.45) is 4.99 Å². The first-order valence-electron chi connectivity index (χ1n) is 5.35. The Bertz CT molecular complexity index is 266. The molecule has 1 saturated heterocycles. The Morgan fingerprint density at radius 3 is 2.67 bits per heavy atom. The number of ether oxygens (including phenoxy) is 1. The standard InChI is InChI=1S/C11H20N2O2/c1-11(2,3)15-10(14)13-7-5-6-9(8-13)12-4/h5-8H2,1-4H3. The molecule has 1 aliphatic heterocycles. The summed E-state index contributed by atoms with van der Waals surface area (Å²) in [7, 11) is 1.77. The Morgan fingerprint density at radius 2 is 2.13 bits per heavy atom. The zero-order valence-corrected chi connectivity index (χ0v) is 10.0. The van der Waals surface area contributed by atoms with Gasteiger partial charge in [0.25, 0.3) is 0 Å². The van der Waals surface area contributed by atoms with E-state index in [4.69, 9.17) is 4.74 Å². The third-order valence-electron chi connectivity index (χ3n) is 2.23. The van der Waals surface area contributed by atoms with Crippen molar-refractivity contribution in [2.75, 3.05) is 20.1 Å². The molecule has 1 fully saturated rings. The highest BCUT2D eigenvalue weighted by molar-refractivity contribution is 5.89. The van der Waals surface area contributed by atoms with Crippen molar-refractivity contribution in [2.45, 2.75) is 39.2 Å². The molecule has 0 bridgehead atoms. The Kier molecular flexibility index (Phi) is 3.72. The largest absolute Gasteiger partial charge is 0.444 e. The van der Waals surface area contributed by atoms with E-state index in [1.54, 1.807) is 11.9 Å². The van der Waals surface area contributed by atoms with Gasteiger partial charge in [0.05, 0.1) is 6.54 Å². The summed E-state index contributed by atoms with van der Waals surface area (Å²) in [6.45, 7) is 7.02. The van der Waals surface area contributed by atoms with Crippen molar-refractivity contribution < 1.29 is 9.53 Å². The zero-order chi connectivity index (χ0) is 11.5. The summed E-state index contributed by atoms with van der Waals surface area (Å²) in [5.41, 5.74) is 0.657. The van der Waals surface area contributed by atoms with Crippen molar-refractivity contribution in [3.63, 3.8) is 0 Å². The van der Waals surface area contributed by atoms with Crippen LogP contribution in [0.15, 0.2) is 4.99 Å². The summed E-state index contributed by atoms with van der Waals surface area (Å²) in [5, 5.41) is 0. The number of hydrogen-bond donors (Lipinski definition) is 0. The maximum Gasteiger partial charge on any atom is 0.410 e. The molecule has 1 amide bonds. The molecule has 15 heavy (non-hydrogen) atoms. The molecule has 0 atom stereocenters. The average Bonchev–Trinajstić information content (AvgIpc) is 2.15. The zero-order valence-electron chi connectivity index (χ0n) is 10.0. The monoisotopic (exact) mass is 212 g/mol. The van der Waals surface area contributed by atoms with Gasteiger partial charge in [-0.25, -0.2) is 4.79 Å². The van der Waals surface area contributed by atoms with Crippen molar-refractivity contribution in [1.82, 2.24) is 4.90 Å². The Balaban J connectivity index is 2.53. The van der Waals surface area contributed by atoms with E-state index in [9.17, 15) is 4.79 Å². The summed E-state index contributed by atoms with van der Waals surface area (Å²) < 4.78 is 5.30. The molecule has 1 heterocycles. The van der Waals surface area contributed by atoms with Crippen LogP contribution in [0, 0.1) is 0 Å². The molecule has 0 N–H and O–H groups in total. The van der Waals surface area contributed by atoms with Crippen LogP contribution in [0.2, 0.25) is 0 Å². The van der Waals surface area contributed by atoms with Gasteiger partial charge in [-0.3, -0.25) is 4.99 Å². The van der Waals surface area contributed by atoms with Crippen LogP contribution in [0.1, 0.15) is 33.6 Å². The number of hydrogen-bond acceptors (Lipinski definition) is 3. The first-order valence-corrected chi connectivity index (χ1v) is 5.35. The van der Waals surface area contributed by atoms with Gasteiger partial charge in [0.15, 0.2) is 0 Å². The van der Waals surface area contributed by atoms with Gasteiger partial charge < -0.3 is 9.64 Å². The third kappa shape index (κ3) is 3.90. The summed E-state index contributed by atoms with van der Waals surface area (Å²) >= 11 is 0. The minimum absolute atomic E-state index is 0.233. The Morgan fingerprint density at radius 1 is 1.47 bits per heavy atom. The molecule has 0 aliphatic carbocycles. The van der Waals surface area contributed by atoms with Crippen LogP contribution in [0.5, 0.6) is 0 Å². The number of carbonyl (C=O) groups is 1. The molecule has 1 rings (SSSR count). The third-order valence-corrected chi connectivity index (χ3v) is 2.23. The van der Waals surface area contributed by atoms with Crippen LogP contribution in [0.3, 0.4) is 0 Å². The normalized spacial score (nSPS) is 20.5. The highest BCUT2D eigenvalue weighted by atomic mass is 16.6. The first-order chi connectivity index (χ1) is 6.92. The van der Waals surface area contributed by atoms with E-state index in [0.29, 0.717) is 6.54 Å². The number of rotatable bonds is 0. The van der Waals surface area contributed by atoms with Gasteiger partial charge in [0.1, 0.15) is 5.60 Å². The smallest absolute Gasteiger partial charge is 0.410 e. The minimum atomic E-state index is -0.419. The highest BCUT2D eigenvalue weighted by Crippen LogP contribution is 2.13. The van der Waals surface area contributed by atoms with Crippen LogP contribution in [0.25, 0.3) is 0 Å². The van der Waals surface area contributed by atoms with E-state index in [2.05, 4.69) is 4.99 Å². The average molecular weight is 212 g/mol. The molecule has 0 unspecified atom stereocenters. The van der Waals surface area contributed by atoms with Crippen molar-refractivity contribution in [3.8, 4) is 0 Å². The van der Waals surface area contributed by atoms with Gasteiger partial charge in [0, 0.05) is 19.3 Å². The van der Waals surface area contributed by atoms with Crippen molar-refractivity contribution in [1.29, 1.82) is 0 Å². The molecular formula is C11H20N2O2. The Labute approximate surface area is 91.3 Å². The fraction of sp³-hybridized carbons (Fsp3) is 0.818. The Hall–Kier alpha value is -1.06. The highest BCUT2D eigenvalue weighted by Gasteiger charge is 2.25. The molecule has 4 nitrogen and oxygen atoms in total. The van der Waals surface area contributed by atoms with Crippen LogP contribution in [-0.4, -0.2) is 42.4 Å². The van der Waals surface area contributed by atoms with Crippen molar-refractivity contribution in [3.05, 3.63) is 0 Å². The summed E-state index contributed by atoms with van der Waals surface area (Å²) in [6.07, 6.45) is 1.74. The van der Waals surface area contributed by atoms with E-state index < -0.39 is 5.60 Å². The van der Waals surface area contributed by atoms with E-state index >= 15 is 0 Å². The molecule has 86 valence electrons. The van der Waals surface area contributed by atoms with E-state index in [1.165, 1.54) is 0 Å². The van der Waals surface area contributed by atoms with Gasteiger partial charge in [-0.1, -0.05) is 0 Å². The quantitative estimate of drug-likeness (QED) is 0.617. The lowest BCUT2D eigenvalue weighted by molar-refractivity contribution is 0.0267. The number of carbonyl (C=O) groups excluding carboxylic acids is 1. The summed E-state index contributed by atoms with van der Waals surface area (Å²) in [5.74, 6) is 0. The second-order valence-electron chi connectivity index (χ2n) is 4.80. The lowest BCUT2D eigenvalue weighted by Gasteiger charge is -2.30. The van der Waals surface area contributed by atoms with Gasteiger partial charge in [-0.15, -0.1) is 0 Å². The second kappa shape index (κ2) is 4.64.